The van der Waals surface area contributed by atoms with Gasteiger partial charge in [-0.1, -0.05) is 34.3 Å². The van der Waals surface area contributed by atoms with Gasteiger partial charge in [0.15, 0.2) is 0 Å². The number of nitrogens with zero attached hydrogens (tertiary/aromatic N) is 3. The molecule has 0 unspecified atom stereocenters. The molecule has 24 heavy (non-hydrogen) atoms. The molecule has 0 atom stereocenters. The van der Waals surface area contributed by atoms with Crippen molar-refractivity contribution >= 4 is 22.6 Å². The molecule has 3 heterocycles. The Morgan fingerprint density at radius 3 is 2.38 bits per heavy atom. The van der Waals surface area contributed by atoms with Crippen LogP contribution in [0.5, 0.6) is 0 Å². The summed E-state index contributed by atoms with van der Waals surface area (Å²) >= 11 is 0. The van der Waals surface area contributed by atoms with Gasteiger partial charge in [0, 0.05) is 25.0 Å². The Kier molecular flexibility index (Phi) is 10.9. The first kappa shape index (κ1) is 21.6. The number of nitrogens with two attached hydrogens (primary N) is 1. The van der Waals surface area contributed by atoms with Crippen molar-refractivity contribution in [3.8, 4) is 0 Å². The molecule has 1 fully saturated rings. The number of carbonyl (C=O) groups is 1. The zero-order valence-electron chi connectivity index (χ0n) is 15.6. The molecular weight excluding hydrogens is 302 g/mol. The van der Waals surface area contributed by atoms with Crippen LogP contribution in [0.2, 0.25) is 0 Å². The van der Waals surface area contributed by atoms with Crippen LogP contribution in [-0.2, 0) is 4.79 Å². The summed E-state index contributed by atoms with van der Waals surface area (Å²) < 4.78 is 0. The van der Waals surface area contributed by atoms with E-state index in [1.165, 1.54) is 6.08 Å². The van der Waals surface area contributed by atoms with Gasteiger partial charge in [-0.25, -0.2) is 4.98 Å². The minimum atomic E-state index is 0.0764. The maximum atomic E-state index is 10.8. The van der Waals surface area contributed by atoms with Crippen molar-refractivity contribution in [3.05, 3.63) is 30.6 Å². The van der Waals surface area contributed by atoms with Crippen LogP contribution in [0.25, 0.3) is 10.9 Å². The van der Waals surface area contributed by atoms with Gasteiger partial charge in [0.05, 0.1) is 10.9 Å². The number of carbonyl (C=O) groups excluding carboxylic acids is 1. The van der Waals surface area contributed by atoms with Crippen molar-refractivity contribution in [1.82, 2.24) is 20.1 Å². The molecule has 6 heteroatoms. The van der Waals surface area contributed by atoms with E-state index < -0.39 is 0 Å². The van der Waals surface area contributed by atoms with Crippen LogP contribution < -0.4 is 5.73 Å². The molecule has 0 aliphatic carbocycles. The number of likely N-dealkylation sites (tertiary alicyclic amines) is 1. The number of hydrogen-bond donors (Lipinski definition) is 2. The molecule has 3 rings (SSSR count). The Bertz CT molecular complexity index is 615. The number of fused-ring (bicyclic) bond motifs is 1. The highest BCUT2D eigenvalue weighted by molar-refractivity contribution is 5.90. The molecule has 0 bridgehead atoms. The van der Waals surface area contributed by atoms with Crippen LogP contribution in [0.3, 0.4) is 0 Å². The van der Waals surface area contributed by atoms with Crippen molar-refractivity contribution in [2.45, 2.75) is 47.5 Å². The van der Waals surface area contributed by atoms with Crippen LogP contribution in [-0.4, -0.2) is 39.1 Å². The van der Waals surface area contributed by atoms with Gasteiger partial charge in [0.25, 0.3) is 0 Å². The lowest BCUT2D eigenvalue weighted by molar-refractivity contribution is -0.124. The highest BCUT2D eigenvalue weighted by atomic mass is 16.2. The van der Waals surface area contributed by atoms with Gasteiger partial charge < -0.3 is 10.6 Å². The third-order valence-electron chi connectivity index (χ3n) is 3.27. The first-order valence-electron chi connectivity index (χ1n) is 8.60. The standard InChI is InChI=1S/C7H8N4.C7H11NO.2C2H6/c1-4-6-5(11-10-4)2-3-9-7(6)8;1-2-7(9)8-5-3-4-6-8;2*1-2/h2-3H,1H3,(H2,8,9)(H,10,11);2H,1,3-6H2;2*1-2H3. The Morgan fingerprint density at radius 2 is 1.88 bits per heavy atom. The topological polar surface area (TPSA) is 87.9 Å². The molecule has 0 radical (unpaired) electrons. The number of amides is 1. The zero-order valence-corrected chi connectivity index (χ0v) is 15.6. The summed E-state index contributed by atoms with van der Waals surface area (Å²) in [5.41, 5.74) is 7.46. The van der Waals surface area contributed by atoms with E-state index in [0.29, 0.717) is 5.82 Å². The first-order chi connectivity index (χ1) is 11.6. The zero-order chi connectivity index (χ0) is 18.5. The molecule has 1 aliphatic heterocycles. The monoisotopic (exact) mass is 333 g/mol. The summed E-state index contributed by atoms with van der Waals surface area (Å²) in [6.07, 6.45) is 5.34. The van der Waals surface area contributed by atoms with E-state index in [2.05, 4.69) is 21.8 Å². The fraction of sp³-hybridized carbons (Fsp3) is 0.500. The Balaban J connectivity index is 0.000000371. The van der Waals surface area contributed by atoms with Crippen LogP contribution in [0.15, 0.2) is 24.9 Å². The van der Waals surface area contributed by atoms with Crippen LogP contribution >= 0.6 is 0 Å². The van der Waals surface area contributed by atoms with E-state index in [9.17, 15) is 4.79 Å². The third kappa shape index (κ3) is 6.02. The SMILES string of the molecule is C=CC(=O)N1CCCC1.CC.CC.Cc1[nH]nc2ccnc(N)c12. The molecule has 3 N–H and O–H groups in total. The molecule has 2 aromatic heterocycles. The lowest BCUT2D eigenvalue weighted by Gasteiger charge is -2.10. The quantitative estimate of drug-likeness (QED) is 0.779. The second-order valence-corrected chi connectivity index (χ2v) is 4.68. The second-order valence-electron chi connectivity index (χ2n) is 4.68. The number of nitrogen functional groups attached to an aromatic ring is 1. The lowest BCUT2D eigenvalue weighted by Crippen LogP contribution is -2.25. The normalized spacial score (nSPS) is 12.1. The van der Waals surface area contributed by atoms with Crippen molar-refractivity contribution < 1.29 is 4.79 Å². The smallest absolute Gasteiger partial charge is 0.245 e. The fourth-order valence-electron chi connectivity index (χ4n) is 2.21. The molecule has 1 amide bonds. The van der Waals surface area contributed by atoms with Gasteiger partial charge in [-0.05, 0) is 31.9 Å². The molecule has 0 saturated carbocycles. The largest absolute Gasteiger partial charge is 0.383 e. The third-order valence-corrected chi connectivity index (χ3v) is 3.27. The molecule has 1 aliphatic rings. The molecular formula is C18H31N5O. The molecule has 0 aromatic carbocycles. The summed E-state index contributed by atoms with van der Waals surface area (Å²) in [5.74, 6) is 0.612. The van der Waals surface area contributed by atoms with Gasteiger partial charge >= 0.3 is 0 Å². The van der Waals surface area contributed by atoms with E-state index in [0.717, 1.165) is 42.5 Å². The molecule has 2 aromatic rings. The van der Waals surface area contributed by atoms with Crippen molar-refractivity contribution in [2.75, 3.05) is 18.8 Å². The van der Waals surface area contributed by atoms with E-state index >= 15 is 0 Å². The van der Waals surface area contributed by atoms with E-state index in [1.54, 1.807) is 6.20 Å². The van der Waals surface area contributed by atoms with Gasteiger partial charge in [-0.2, -0.15) is 5.10 Å². The average Bonchev–Trinajstić information content (AvgIpc) is 3.29. The average molecular weight is 333 g/mol. The predicted octanol–water partition coefficient (Wildman–Crippen LogP) is 3.70. The molecule has 1 saturated heterocycles. The van der Waals surface area contributed by atoms with Gasteiger partial charge in [-0.15, -0.1) is 0 Å². The maximum Gasteiger partial charge on any atom is 0.245 e. The number of aromatic nitrogens is 3. The Labute approximate surface area is 145 Å². The maximum absolute atomic E-state index is 10.8. The summed E-state index contributed by atoms with van der Waals surface area (Å²) in [5, 5.41) is 7.81. The van der Waals surface area contributed by atoms with Gasteiger partial charge in [0.1, 0.15) is 5.82 Å². The summed E-state index contributed by atoms with van der Waals surface area (Å²) in [6, 6.07) is 1.83. The molecule has 6 nitrogen and oxygen atoms in total. The Morgan fingerprint density at radius 1 is 1.29 bits per heavy atom. The van der Waals surface area contributed by atoms with Crippen LogP contribution in [0.1, 0.15) is 46.2 Å². The van der Waals surface area contributed by atoms with Gasteiger partial charge in [0.2, 0.25) is 5.91 Å². The predicted molar refractivity (Wildman–Crippen MR) is 102 cm³/mol. The molecule has 134 valence electrons. The van der Waals surface area contributed by atoms with Crippen LogP contribution in [0.4, 0.5) is 5.82 Å². The number of pyridine rings is 1. The van der Waals surface area contributed by atoms with Crippen LogP contribution in [0, 0.1) is 6.92 Å². The van der Waals surface area contributed by atoms with Crippen molar-refractivity contribution in [2.24, 2.45) is 0 Å². The number of aromatic amines is 1. The highest BCUT2D eigenvalue weighted by Crippen LogP contribution is 2.18. The van der Waals surface area contributed by atoms with Crippen molar-refractivity contribution in [3.63, 3.8) is 0 Å². The Hall–Kier alpha value is -2.37. The highest BCUT2D eigenvalue weighted by Gasteiger charge is 2.13. The minimum Gasteiger partial charge on any atom is -0.383 e. The first-order valence-corrected chi connectivity index (χ1v) is 8.60. The lowest BCUT2D eigenvalue weighted by atomic mass is 10.2. The number of rotatable bonds is 1. The van der Waals surface area contributed by atoms with E-state index in [1.807, 2.05) is 45.6 Å². The van der Waals surface area contributed by atoms with Gasteiger partial charge in [-0.3, -0.25) is 9.89 Å². The second kappa shape index (κ2) is 12.1. The summed E-state index contributed by atoms with van der Waals surface area (Å²) in [6.45, 7) is 15.2. The number of aryl methyl sites for hydroxylation is 1. The number of nitrogens with one attached hydrogen (secondary N) is 1. The number of anilines is 1. The van der Waals surface area contributed by atoms with E-state index in [-0.39, 0.29) is 5.91 Å². The minimum absolute atomic E-state index is 0.0764. The number of hydrogen-bond acceptors (Lipinski definition) is 4. The van der Waals surface area contributed by atoms with E-state index in [4.69, 9.17) is 5.73 Å². The molecule has 0 spiro atoms. The fourth-order valence-corrected chi connectivity index (χ4v) is 2.21. The summed E-state index contributed by atoms with van der Waals surface area (Å²) in [7, 11) is 0. The summed E-state index contributed by atoms with van der Waals surface area (Å²) in [4.78, 5) is 16.6. The number of H-pyrrole nitrogens is 1. The van der Waals surface area contributed by atoms with Crippen molar-refractivity contribution in [1.29, 1.82) is 0 Å².